The fraction of sp³-hybridized carbons (Fsp3) is 0.464. The molecule has 2 bridgehead atoms. The molecule has 37 heavy (non-hydrogen) atoms. The number of Topliss-reactive ketones (excluding diaryl/α,β-unsaturated/α-hetero) is 1. The summed E-state index contributed by atoms with van der Waals surface area (Å²) in [7, 11) is 0. The zero-order valence-corrected chi connectivity index (χ0v) is 21.9. The predicted molar refractivity (Wildman–Crippen MR) is 137 cm³/mol. The second-order valence-corrected chi connectivity index (χ2v) is 9.64. The zero-order valence-electron chi connectivity index (χ0n) is 21.9. The summed E-state index contributed by atoms with van der Waals surface area (Å²) in [5, 5.41) is 2.79. The highest BCUT2D eigenvalue weighted by atomic mass is 16.5. The molecule has 0 aromatic carbocycles. The Hall–Kier alpha value is -3.75. The van der Waals surface area contributed by atoms with E-state index in [9.17, 15) is 19.2 Å². The molecule has 1 N–H and O–H groups in total. The molecule has 0 saturated carbocycles. The van der Waals surface area contributed by atoms with Crippen molar-refractivity contribution in [1.29, 1.82) is 0 Å². The summed E-state index contributed by atoms with van der Waals surface area (Å²) in [4.78, 5) is 56.3. The molecule has 0 aliphatic carbocycles. The molecule has 2 atom stereocenters. The Kier molecular flexibility index (Phi) is 9.77. The van der Waals surface area contributed by atoms with Crippen molar-refractivity contribution in [3.63, 3.8) is 0 Å². The van der Waals surface area contributed by atoms with E-state index in [2.05, 4.69) is 10.3 Å². The van der Waals surface area contributed by atoms with E-state index in [0.29, 0.717) is 32.4 Å². The highest BCUT2D eigenvalue weighted by Gasteiger charge is 2.33. The number of ketones is 1. The third-order valence-corrected chi connectivity index (χ3v) is 6.19. The largest absolute Gasteiger partial charge is 0.457 e. The average molecular weight is 510 g/mol. The molecule has 1 aromatic rings. The molecule has 198 valence electrons. The number of ether oxygens (including phenoxy) is 1. The number of cyclic esters (lactones) is 1. The van der Waals surface area contributed by atoms with Crippen molar-refractivity contribution in [3.8, 4) is 0 Å². The fourth-order valence-corrected chi connectivity index (χ4v) is 4.23. The van der Waals surface area contributed by atoms with Gasteiger partial charge in [-0.25, -0.2) is 9.78 Å². The van der Waals surface area contributed by atoms with Crippen LogP contribution >= 0.6 is 0 Å². The molecule has 9 nitrogen and oxygen atoms in total. The van der Waals surface area contributed by atoms with Gasteiger partial charge in [-0.3, -0.25) is 14.4 Å². The molecule has 2 unspecified atom stereocenters. The fourth-order valence-electron chi connectivity index (χ4n) is 4.23. The number of carbonyl (C=O) groups excluding carboxylic acids is 4. The Balaban J connectivity index is 1.84. The van der Waals surface area contributed by atoms with E-state index in [-0.39, 0.29) is 47.2 Å². The molecule has 0 saturated heterocycles. The number of esters is 1. The van der Waals surface area contributed by atoms with Crippen molar-refractivity contribution >= 4 is 23.6 Å². The molecule has 0 radical (unpaired) electrons. The van der Waals surface area contributed by atoms with Crippen molar-refractivity contribution in [2.75, 3.05) is 13.1 Å². The maximum atomic E-state index is 13.1. The first-order valence-electron chi connectivity index (χ1n) is 12.6. The lowest BCUT2D eigenvalue weighted by Gasteiger charge is -2.27. The minimum Gasteiger partial charge on any atom is -0.457 e. The Morgan fingerprint density at radius 1 is 1.11 bits per heavy atom. The summed E-state index contributed by atoms with van der Waals surface area (Å²) < 4.78 is 11.2. The quantitative estimate of drug-likeness (QED) is 0.574. The number of nitrogens with zero attached hydrogens (tertiary/aromatic N) is 2. The van der Waals surface area contributed by atoms with Crippen molar-refractivity contribution in [1.82, 2.24) is 15.2 Å². The van der Waals surface area contributed by atoms with E-state index in [4.69, 9.17) is 9.15 Å². The van der Waals surface area contributed by atoms with Crippen LogP contribution in [-0.4, -0.2) is 52.6 Å². The van der Waals surface area contributed by atoms with Crippen LogP contribution in [0, 0.1) is 11.8 Å². The summed E-state index contributed by atoms with van der Waals surface area (Å²) in [5.41, 5.74) is 1.16. The minimum atomic E-state index is -0.612. The van der Waals surface area contributed by atoms with Crippen LogP contribution in [0.5, 0.6) is 0 Å². The van der Waals surface area contributed by atoms with Crippen LogP contribution in [-0.2, 0) is 25.5 Å². The van der Waals surface area contributed by atoms with E-state index in [1.165, 1.54) is 17.2 Å². The zero-order chi connectivity index (χ0) is 26.9. The standard InChI is InChI=1S/C28H35N3O6/c1-18(2)26-20(4)12-13-24(33)29-14-6-9-19(3)8-5-10-21(32)16-25-30-22(17-36-25)27(34)31-15-7-11-23(31)28(35)37-26/h6,8-9,11-13,17-18,20,26H,5,7,10,14-16H2,1-4H3,(H,29,33). The van der Waals surface area contributed by atoms with Gasteiger partial charge in [0.05, 0.1) is 6.42 Å². The number of nitrogens with one attached hydrogen (secondary N) is 1. The summed E-state index contributed by atoms with van der Waals surface area (Å²) in [5.74, 6) is -1.52. The predicted octanol–water partition coefficient (Wildman–Crippen LogP) is 3.69. The summed E-state index contributed by atoms with van der Waals surface area (Å²) in [6, 6.07) is 0. The Morgan fingerprint density at radius 3 is 2.65 bits per heavy atom. The monoisotopic (exact) mass is 509 g/mol. The van der Waals surface area contributed by atoms with Gasteiger partial charge in [0.15, 0.2) is 5.69 Å². The first-order valence-corrected chi connectivity index (χ1v) is 12.6. The molecule has 0 fully saturated rings. The van der Waals surface area contributed by atoms with E-state index in [0.717, 1.165) is 5.57 Å². The molecule has 3 heterocycles. The lowest BCUT2D eigenvalue weighted by atomic mass is 9.94. The molecule has 2 aliphatic rings. The SMILES string of the molecule is CC1=CCCC(=O)Cc2nc(co2)C(=O)N2CCC=C2C(=O)OC(C(C)C)C(C)C=CC(=O)NCC=C1. The second-order valence-electron chi connectivity index (χ2n) is 9.64. The van der Waals surface area contributed by atoms with Crippen molar-refractivity contribution in [2.24, 2.45) is 11.8 Å². The van der Waals surface area contributed by atoms with Crippen LogP contribution in [0.2, 0.25) is 0 Å². The van der Waals surface area contributed by atoms with Crippen molar-refractivity contribution < 1.29 is 28.3 Å². The number of carbonyl (C=O) groups is 4. The third kappa shape index (κ3) is 7.87. The Morgan fingerprint density at radius 2 is 1.89 bits per heavy atom. The molecule has 9 heteroatoms. The summed E-state index contributed by atoms with van der Waals surface area (Å²) in [6.45, 7) is 8.33. The van der Waals surface area contributed by atoms with Gasteiger partial charge in [0.25, 0.3) is 5.91 Å². The number of hydrogen-bond acceptors (Lipinski definition) is 7. The van der Waals surface area contributed by atoms with Gasteiger partial charge in [0.1, 0.15) is 23.8 Å². The number of fused-ring (bicyclic) bond motifs is 3. The lowest BCUT2D eigenvalue weighted by Crippen LogP contribution is -2.36. The smallest absolute Gasteiger partial charge is 0.355 e. The maximum absolute atomic E-state index is 13.1. The van der Waals surface area contributed by atoms with E-state index < -0.39 is 18.0 Å². The van der Waals surface area contributed by atoms with Crippen LogP contribution in [0.1, 0.15) is 63.3 Å². The van der Waals surface area contributed by atoms with Gasteiger partial charge in [-0.05, 0) is 31.8 Å². The number of amides is 2. The Bertz CT molecular complexity index is 1140. The number of allylic oxidation sites excluding steroid dienone is 3. The molecular formula is C28H35N3O6. The lowest BCUT2D eigenvalue weighted by molar-refractivity contribution is -0.149. The van der Waals surface area contributed by atoms with Crippen molar-refractivity contribution in [2.45, 2.75) is 59.5 Å². The molecule has 0 spiro atoms. The highest BCUT2D eigenvalue weighted by Crippen LogP contribution is 2.24. The number of oxazole rings is 1. The summed E-state index contributed by atoms with van der Waals surface area (Å²) in [6.07, 6.45) is 12.5. The molecule has 3 rings (SSSR count). The first-order chi connectivity index (χ1) is 17.7. The third-order valence-electron chi connectivity index (χ3n) is 6.19. The van der Waals surface area contributed by atoms with Gasteiger partial charge in [0, 0.05) is 25.4 Å². The Labute approximate surface area is 217 Å². The normalized spacial score (nSPS) is 22.9. The van der Waals surface area contributed by atoms with Gasteiger partial charge >= 0.3 is 5.97 Å². The minimum absolute atomic E-state index is 0.0201. The number of rotatable bonds is 1. The van der Waals surface area contributed by atoms with E-state index >= 15 is 0 Å². The summed E-state index contributed by atoms with van der Waals surface area (Å²) >= 11 is 0. The average Bonchev–Trinajstić information content (AvgIpc) is 3.52. The van der Waals surface area contributed by atoms with Gasteiger partial charge in [-0.15, -0.1) is 0 Å². The van der Waals surface area contributed by atoms with E-state index in [1.807, 2.05) is 45.9 Å². The van der Waals surface area contributed by atoms with Crippen LogP contribution < -0.4 is 5.32 Å². The maximum Gasteiger partial charge on any atom is 0.355 e. The van der Waals surface area contributed by atoms with E-state index in [1.54, 1.807) is 12.2 Å². The highest BCUT2D eigenvalue weighted by molar-refractivity contribution is 6.00. The number of hydrogen-bond donors (Lipinski definition) is 1. The topological polar surface area (TPSA) is 119 Å². The first kappa shape index (κ1) is 27.8. The van der Waals surface area contributed by atoms with Crippen molar-refractivity contribution in [3.05, 3.63) is 65.6 Å². The van der Waals surface area contributed by atoms with Gasteiger partial charge in [0.2, 0.25) is 11.8 Å². The van der Waals surface area contributed by atoms with Crippen LogP contribution in [0.25, 0.3) is 0 Å². The molecule has 2 aliphatic heterocycles. The van der Waals surface area contributed by atoms with Crippen LogP contribution in [0.15, 0.2) is 58.4 Å². The van der Waals surface area contributed by atoms with Gasteiger partial charge in [-0.2, -0.15) is 0 Å². The van der Waals surface area contributed by atoms with Gasteiger partial charge in [-0.1, -0.05) is 56.7 Å². The molecule has 2 amide bonds. The molecular weight excluding hydrogens is 474 g/mol. The number of aromatic nitrogens is 1. The van der Waals surface area contributed by atoms with Crippen LogP contribution in [0.4, 0.5) is 0 Å². The van der Waals surface area contributed by atoms with Gasteiger partial charge < -0.3 is 19.4 Å². The molecule has 1 aromatic heterocycles. The second kappa shape index (κ2) is 13.0. The van der Waals surface area contributed by atoms with Crippen LogP contribution in [0.3, 0.4) is 0 Å².